The molecule has 3 N–H and O–H groups in total. The van der Waals surface area contributed by atoms with Crippen molar-refractivity contribution in [1.82, 2.24) is 5.32 Å². The van der Waals surface area contributed by atoms with Crippen molar-refractivity contribution in [3.63, 3.8) is 0 Å². The number of rotatable bonds is 8. The predicted octanol–water partition coefficient (Wildman–Crippen LogP) is 1.14. The zero-order valence-electron chi connectivity index (χ0n) is 17.6. The average molecular weight is 413 g/mol. The molecule has 0 unspecified atom stereocenters. The molecular weight excluding hydrogens is 382 g/mol. The Labute approximate surface area is 177 Å². The van der Waals surface area contributed by atoms with E-state index in [9.17, 15) is 14.9 Å². The maximum atomic E-state index is 12.2. The highest BCUT2D eigenvalue weighted by atomic mass is 16.6. The third-order valence-corrected chi connectivity index (χ3v) is 5.65. The SMILES string of the molecule is Cc1cccc(N2CC[NH+](CC(=O)NCCNc3ccc([N+](=O)[O-])cc3)CC2)c1C. The van der Waals surface area contributed by atoms with E-state index in [0.29, 0.717) is 19.6 Å². The van der Waals surface area contributed by atoms with E-state index in [1.807, 2.05) is 0 Å². The van der Waals surface area contributed by atoms with Crippen molar-refractivity contribution in [2.24, 2.45) is 0 Å². The van der Waals surface area contributed by atoms with Gasteiger partial charge in [-0.25, -0.2) is 0 Å². The van der Waals surface area contributed by atoms with Crippen LogP contribution in [0, 0.1) is 24.0 Å². The number of hydrogen-bond donors (Lipinski definition) is 3. The molecule has 8 heteroatoms. The lowest BCUT2D eigenvalue weighted by atomic mass is 10.1. The van der Waals surface area contributed by atoms with Crippen LogP contribution in [0.4, 0.5) is 17.1 Å². The van der Waals surface area contributed by atoms with Crippen molar-refractivity contribution < 1.29 is 14.6 Å². The summed E-state index contributed by atoms with van der Waals surface area (Å²) in [5, 5.41) is 16.8. The Kier molecular flexibility index (Phi) is 7.24. The van der Waals surface area contributed by atoms with Crippen LogP contribution in [0.15, 0.2) is 42.5 Å². The van der Waals surface area contributed by atoms with E-state index in [1.165, 1.54) is 33.8 Å². The number of benzene rings is 2. The van der Waals surface area contributed by atoms with E-state index in [4.69, 9.17) is 0 Å². The number of nitro benzene ring substituents is 1. The van der Waals surface area contributed by atoms with Gasteiger partial charge in [-0.3, -0.25) is 14.9 Å². The summed E-state index contributed by atoms with van der Waals surface area (Å²) in [6.07, 6.45) is 0. The summed E-state index contributed by atoms with van der Waals surface area (Å²) < 4.78 is 0. The molecule has 0 aromatic heterocycles. The number of nitrogens with zero attached hydrogens (tertiary/aromatic N) is 2. The first kappa shape index (κ1) is 21.6. The molecule has 2 aromatic rings. The van der Waals surface area contributed by atoms with E-state index in [-0.39, 0.29) is 11.6 Å². The molecule has 0 spiro atoms. The van der Waals surface area contributed by atoms with E-state index < -0.39 is 4.92 Å². The van der Waals surface area contributed by atoms with Gasteiger partial charge < -0.3 is 20.4 Å². The number of nitrogens with one attached hydrogen (secondary N) is 3. The second-order valence-electron chi connectivity index (χ2n) is 7.71. The van der Waals surface area contributed by atoms with Crippen LogP contribution in [0.5, 0.6) is 0 Å². The Bertz CT molecular complexity index is 877. The van der Waals surface area contributed by atoms with Gasteiger partial charge in [0.25, 0.3) is 11.6 Å². The van der Waals surface area contributed by atoms with Gasteiger partial charge in [0, 0.05) is 36.6 Å². The van der Waals surface area contributed by atoms with Gasteiger partial charge in [-0.1, -0.05) is 12.1 Å². The van der Waals surface area contributed by atoms with Crippen LogP contribution in [0.3, 0.4) is 0 Å². The minimum absolute atomic E-state index is 0.0516. The number of quaternary nitrogens is 1. The van der Waals surface area contributed by atoms with E-state index in [2.05, 4.69) is 47.6 Å². The largest absolute Gasteiger partial charge is 0.383 e. The summed E-state index contributed by atoms with van der Waals surface area (Å²) in [5.74, 6) is 0.0516. The fourth-order valence-corrected chi connectivity index (χ4v) is 3.72. The fraction of sp³-hybridized carbons (Fsp3) is 0.409. The van der Waals surface area contributed by atoms with E-state index in [1.54, 1.807) is 12.1 Å². The maximum absolute atomic E-state index is 12.2. The molecule has 1 amide bonds. The molecular formula is C22H30N5O3+. The molecule has 1 heterocycles. The molecule has 0 bridgehead atoms. The third-order valence-electron chi connectivity index (χ3n) is 5.65. The average Bonchev–Trinajstić information content (AvgIpc) is 2.74. The Morgan fingerprint density at radius 3 is 2.47 bits per heavy atom. The zero-order valence-corrected chi connectivity index (χ0v) is 17.6. The zero-order chi connectivity index (χ0) is 21.5. The van der Waals surface area contributed by atoms with Crippen molar-refractivity contribution in [2.75, 3.05) is 56.0 Å². The van der Waals surface area contributed by atoms with Gasteiger partial charge in [0.1, 0.15) is 0 Å². The number of nitro groups is 1. The standard InChI is InChI=1S/C22H29N5O3/c1-17-4-3-5-21(18(17)2)26-14-12-25(13-15-26)16-22(28)24-11-10-23-19-6-8-20(9-7-19)27(29)30/h3-9,23H,10-16H2,1-2H3,(H,24,28)/p+1. The van der Waals surface area contributed by atoms with Gasteiger partial charge in [-0.05, 0) is 43.2 Å². The van der Waals surface area contributed by atoms with Crippen LogP contribution >= 0.6 is 0 Å². The summed E-state index contributed by atoms with van der Waals surface area (Å²) in [5.41, 5.74) is 4.80. The van der Waals surface area contributed by atoms with Crippen molar-refractivity contribution in [3.8, 4) is 0 Å². The molecule has 0 aliphatic carbocycles. The summed E-state index contributed by atoms with van der Waals surface area (Å²) in [6.45, 7) is 9.67. The third kappa shape index (κ3) is 5.70. The Hall–Kier alpha value is -3.13. The molecule has 3 rings (SSSR count). The Balaban J connectivity index is 1.35. The van der Waals surface area contributed by atoms with Gasteiger partial charge in [0.05, 0.1) is 31.1 Å². The number of amides is 1. The first-order valence-corrected chi connectivity index (χ1v) is 10.3. The molecule has 0 atom stereocenters. The van der Waals surface area contributed by atoms with Gasteiger partial charge in [-0.2, -0.15) is 0 Å². The number of aryl methyl sites for hydroxylation is 1. The number of hydrogen-bond acceptors (Lipinski definition) is 5. The highest BCUT2D eigenvalue weighted by Gasteiger charge is 2.23. The molecule has 1 saturated heterocycles. The summed E-state index contributed by atoms with van der Waals surface area (Å²) in [4.78, 5) is 26.2. The first-order valence-electron chi connectivity index (χ1n) is 10.3. The van der Waals surface area contributed by atoms with Crippen LogP contribution in [0.2, 0.25) is 0 Å². The lowest BCUT2D eigenvalue weighted by molar-refractivity contribution is -0.892. The highest BCUT2D eigenvalue weighted by molar-refractivity contribution is 5.76. The summed E-state index contributed by atoms with van der Waals surface area (Å²) in [6, 6.07) is 12.7. The molecule has 2 aromatic carbocycles. The number of carbonyl (C=O) groups is 1. The van der Waals surface area contributed by atoms with Crippen LogP contribution in [-0.4, -0.2) is 56.6 Å². The molecule has 0 radical (unpaired) electrons. The van der Waals surface area contributed by atoms with Gasteiger partial charge in [0.15, 0.2) is 6.54 Å². The van der Waals surface area contributed by atoms with Crippen molar-refractivity contribution in [2.45, 2.75) is 13.8 Å². The molecule has 0 saturated carbocycles. The minimum atomic E-state index is -0.422. The molecule has 1 aliphatic heterocycles. The second-order valence-corrected chi connectivity index (χ2v) is 7.71. The fourth-order valence-electron chi connectivity index (χ4n) is 3.72. The molecule has 8 nitrogen and oxygen atoms in total. The first-order chi connectivity index (χ1) is 14.4. The smallest absolute Gasteiger partial charge is 0.275 e. The van der Waals surface area contributed by atoms with Gasteiger partial charge in [-0.15, -0.1) is 0 Å². The van der Waals surface area contributed by atoms with Crippen molar-refractivity contribution >= 4 is 23.0 Å². The van der Waals surface area contributed by atoms with Crippen LogP contribution < -0.4 is 20.4 Å². The van der Waals surface area contributed by atoms with Gasteiger partial charge in [0.2, 0.25) is 0 Å². The number of non-ortho nitro benzene ring substituents is 1. The Morgan fingerprint density at radius 1 is 1.10 bits per heavy atom. The van der Waals surface area contributed by atoms with Crippen LogP contribution in [0.1, 0.15) is 11.1 Å². The lowest BCUT2D eigenvalue weighted by Gasteiger charge is -2.34. The predicted molar refractivity (Wildman–Crippen MR) is 118 cm³/mol. The van der Waals surface area contributed by atoms with Gasteiger partial charge >= 0.3 is 0 Å². The molecule has 30 heavy (non-hydrogen) atoms. The molecule has 1 fully saturated rings. The lowest BCUT2D eigenvalue weighted by Crippen LogP contribution is -3.16. The van der Waals surface area contributed by atoms with E-state index >= 15 is 0 Å². The summed E-state index contributed by atoms with van der Waals surface area (Å²) >= 11 is 0. The molecule has 1 aliphatic rings. The minimum Gasteiger partial charge on any atom is -0.383 e. The normalized spacial score (nSPS) is 14.4. The van der Waals surface area contributed by atoms with Crippen molar-refractivity contribution in [3.05, 3.63) is 63.7 Å². The van der Waals surface area contributed by atoms with E-state index in [0.717, 1.165) is 31.9 Å². The van der Waals surface area contributed by atoms with Crippen LogP contribution in [-0.2, 0) is 4.79 Å². The Morgan fingerprint density at radius 2 is 1.80 bits per heavy atom. The summed E-state index contributed by atoms with van der Waals surface area (Å²) in [7, 11) is 0. The number of anilines is 2. The van der Waals surface area contributed by atoms with Crippen molar-refractivity contribution in [1.29, 1.82) is 0 Å². The highest BCUT2D eigenvalue weighted by Crippen LogP contribution is 2.22. The number of piperazine rings is 1. The molecule has 160 valence electrons. The topological polar surface area (TPSA) is 92.0 Å². The quantitative estimate of drug-likeness (QED) is 0.344. The van der Waals surface area contributed by atoms with Crippen LogP contribution in [0.25, 0.3) is 0 Å². The number of carbonyl (C=O) groups excluding carboxylic acids is 1. The maximum Gasteiger partial charge on any atom is 0.275 e. The monoisotopic (exact) mass is 412 g/mol. The second kappa shape index (κ2) is 10.1.